The number of hydrogen-bond donors (Lipinski definition) is 0. The Bertz CT molecular complexity index is 664. The van der Waals surface area contributed by atoms with Gasteiger partial charge in [-0.15, -0.1) is 11.3 Å². The Morgan fingerprint density at radius 2 is 2.04 bits per heavy atom. The van der Waals surface area contributed by atoms with Crippen molar-refractivity contribution in [2.75, 3.05) is 19.6 Å². The number of amides is 2. The van der Waals surface area contributed by atoms with Crippen molar-refractivity contribution < 1.29 is 9.59 Å². The van der Waals surface area contributed by atoms with E-state index in [0.717, 1.165) is 50.1 Å². The van der Waals surface area contributed by atoms with E-state index in [1.807, 2.05) is 28.5 Å². The van der Waals surface area contributed by atoms with Gasteiger partial charge in [0.25, 0.3) is 5.91 Å². The van der Waals surface area contributed by atoms with Gasteiger partial charge in [0.2, 0.25) is 5.91 Å². The first kappa shape index (κ1) is 18.6. The van der Waals surface area contributed by atoms with Gasteiger partial charge >= 0.3 is 0 Å². The van der Waals surface area contributed by atoms with Crippen LogP contribution in [0.1, 0.15) is 43.4 Å². The monoisotopic (exact) mass is 394 g/mol. The Kier molecular flexibility index (Phi) is 6.67. The lowest BCUT2D eigenvalue weighted by atomic mass is 10.1. The van der Waals surface area contributed by atoms with E-state index in [2.05, 4.69) is 0 Å². The summed E-state index contributed by atoms with van der Waals surface area (Å²) in [5.41, 5.74) is 0. The van der Waals surface area contributed by atoms with Crippen LogP contribution in [0.2, 0.25) is 0 Å². The van der Waals surface area contributed by atoms with Crippen molar-refractivity contribution in [3.63, 3.8) is 0 Å². The maximum Gasteiger partial charge on any atom is 0.266 e. The number of unbranched alkanes of at least 4 members (excludes halogenated alkanes) is 2. The van der Waals surface area contributed by atoms with Crippen LogP contribution in [0.3, 0.4) is 0 Å². The van der Waals surface area contributed by atoms with Crippen molar-refractivity contribution in [2.45, 2.75) is 38.5 Å². The lowest BCUT2D eigenvalue weighted by molar-refractivity contribution is -0.130. The van der Waals surface area contributed by atoms with Crippen molar-refractivity contribution in [2.24, 2.45) is 0 Å². The molecule has 0 unspecified atom stereocenters. The molecule has 2 aliphatic rings. The van der Waals surface area contributed by atoms with Crippen LogP contribution < -0.4 is 0 Å². The molecule has 3 heterocycles. The summed E-state index contributed by atoms with van der Waals surface area (Å²) in [7, 11) is 0. The van der Waals surface area contributed by atoms with Gasteiger partial charge in [-0.05, 0) is 43.2 Å². The van der Waals surface area contributed by atoms with Gasteiger partial charge in [0, 0.05) is 30.9 Å². The molecule has 2 saturated heterocycles. The third-order valence-electron chi connectivity index (χ3n) is 4.42. The van der Waals surface area contributed by atoms with Crippen molar-refractivity contribution in [1.29, 1.82) is 0 Å². The van der Waals surface area contributed by atoms with Crippen LogP contribution >= 0.6 is 35.3 Å². The Hall–Kier alpha value is -1.18. The fourth-order valence-corrected chi connectivity index (χ4v) is 5.07. The highest BCUT2D eigenvalue weighted by Gasteiger charge is 2.31. The van der Waals surface area contributed by atoms with Crippen molar-refractivity contribution in [3.05, 3.63) is 27.3 Å². The molecule has 25 heavy (non-hydrogen) atoms. The van der Waals surface area contributed by atoms with E-state index >= 15 is 0 Å². The number of nitrogens with zero attached hydrogens (tertiary/aromatic N) is 2. The lowest BCUT2D eigenvalue weighted by Crippen LogP contribution is -2.29. The van der Waals surface area contributed by atoms with E-state index in [-0.39, 0.29) is 11.8 Å². The van der Waals surface area contributed by atoms with Crippen LogP contribution in [0.4, 0.5) is 0 Å². The van der Waals surface area contributed by atoms with Crippen LogP contribution in [0.15, 0.2) is 22.4 Å². The maximum atomic E-state index is 12.5. The smallest absolute Gasteiger partial charge is 0.266 e. The first-order chi connectivity index (χ1) is 12.1. The van der Waals surface area contributed by atoms with Gasteiger partial charge in [-0.1, -0.05) is 36.5 Å². The molecule has 0 aromatic carbocycles. The van der Waals surface area contributed by atoms with E-state index < -0.39 is 0 Å². The highest BCUT2D eigenvalue weighted by Crippen LogP contribution is 2.33. The number of thioether (sulfide) groups is 1. The van der Waals surface area contributed by atoms with Gasteiger partial charge in [-0.25, -0.2) is 0 Å². The first-order valence-corrected chi connectivity index (χ1v) is 10.8. The summed E-state index contributed by atoms with van der Waals surface area (Å²) in [5.74, 6) is 0.290. The third-order valence-corrected chi connectivity index (χ3v) is 6.62. The molecule has 1 aromatic rings. The average molecular weight is 395 g/mol. The number of thiophene rings is 1. The second-order valence-electron chi connectivity index (χ2n) is 6.25. The lowest BCUT2D eigenvalue weighted by Gasteiger charge is -2.16. The largest absolute Gasteiger partial charge is 0.343 e. The average Bonchev–Trinajstić information content (AvgIpc) is 3.33. The third kappa shape index (κ3) is 4.92. The number of hydrogen-bond acceptors (Lipinski definition) is 5. The van der Waals surface area contributed by atoms with Crippen molar-refractivity contribution >= 4 is 57.5 Å². The minimum absolute atomic E-state index is 0.0107. The molecule has 2 aliphatic heterocycles. The van der Waals surface area contributed by atoms with E-state index in [1.165, 1.54) is 11.8 Å². The fourth-order valence-electron chi connectivity index (χ4n) is 3.04. The van der Waals surface area contributed by atoms with Gasteiger partial charge in [-0.2, -0.15) is 0 Å². The fraction of sp³-hybridized carbons (Fsp3) is 0.500. The normalized spacial score (nSPS) is 19.4. The number of rotatable bonds is 7. The van der Waals surface area contributed by atoms with Gasteiger partial charge in [0.15, 0.2) is 0 Å². The topological polar surface area (TPSA) is 40.6 Å². The molecule has 0 spiro atoms. The molecule has 0 N–H and O–H groups in total. The van der Waals surface area contributed by atoms with E-state index in [4.69, 9.17) is 12.2 Å². The SMILES string of the molecule is O=C(CCCCCN1C(=O)/C(=C/c2cccs2)SC1=S)N1CCCC1. The predicted octanol–water partition coefficient (Wildman–Crippen LogP) is 4.13. The molecule has 2 fully saturated rings. The zero-order chi connectivity index (χ0) is 17.6. The predicted molar refractivity (Wildman–Crippen MR) is 108 cm³/mol. The molecule has 2 amide bonds. The van der Waals surface area contributed by atoms with Crippen LogP contribution in [0.5, 0.6) is 0 Å². The summed E-state index contributed by atoms with van der Waals surface area (Å²) in [4.78, 5) is 29.9. The molecule has 0 aliphatic carbocycles. The van der Waals surface area contributed by atoms with Crippen LogP contribution in [0.25, 0.3) is 6.08 Å². The Morgan fingerprint density at radius 1 is 1.24 bits per heavy atom. The van der Waals surface area contributed by atoms with Crippen LogP contribution in [0, 0.1) is 0 Å². The van der Waals surface area contributed by atoms with E-state index in [1.54, 1.807) is 16.2 Å². The zero-order valence-corrected chi connectivity index (χ0v) is 16.6. The van der Waals surface area contributed by atoms with Gasteiger partial charge in [0.05, 0.1) is 4.91 Å². The molecular formula is C18H22N2O2S3. The molecule has 0 bridgehead atoms. The Morgan fingerprint density at radius 3 is 2.76 bits per heavy atom. The van der Waals surface area contributed by atoms with Gasteiger partial charge in [-0.3, -0.25) is 14.5 Å². The molecule has 0 atom stereocenters. The minimum Gasteiger partial charge on any atom is -0.343 e. The Balaban J connectivity index is 1.40. The standard InChI is InChI=1S/C18H22N2O2S3/c21-16(19-9-4-5-10-19)8-2-1-3-11-20-17(22)15(25-18(20)23)13-14-7-6-12-24-14/h6-7,12-13H,1-5,8-11H2/b15-13-. The quantitative estimate of drug-likeness (QED) is 0.396. The molecule has 1 aromatic heterocycles. The maximum absolute atomic E-state index is 12.5. The summed E-state index contributed by atoms with van der Waals surface area (Å²) in [6.07, 6.45) is 7.52. The van der Waals surface area contributed by atoms with Crippen LogP contribution in [-0.4, -0.2) is 45.6 Å². The number of thiocarbonyl (C=S) groups is 1. The van der Waals surface area contributed by atoms with E-state index in [0.29, 0.717) is 22.2 Å². The summed E-state index contributed by atoms with van der Waals surface area (Å²) in [6.45, 7) is 2.49. The number of carbonyl (C=O) groups excluding carboxylic acids is 2. The van der Waals surface area contributed by atoms with Crippen LogP contribution in [-0.2, 0) is 9.59 Å². The second kappa shape index (κ2) is 8.96. The molecule has 3 rings (SSSR count). The highest BCUT2D eigenvalue weighted by molar-refractivity contribution is 8.26. The zero-order valence-electron chi connectivity index (χ0n) is 14.1. The number of carbonyl (C=O) groups is 2. The molecule has 4 nitrogen and oxygen atoms in total. The summed E-state index contributed by atoms with van der Waals surface area (Å²) < 4.78 is 0.640. The molecule has 134 valence electrons. The summed E-state index contributed by atoms with van der Waals surface area (Å²) in [6, 6.07) is 3.97. The minimum atomic E-state index is 0.0107. The van der Waals surface area contributed by atoms with Gasteiger partial charge < -0.3 is 4.90 Å². The highest BCUT2D eigenvalue weighted by atomic mass is 32.2. The number of likely N-dealkylation sites (tertiary alicyclic amines) is 1. The van der Waals surface area contributed by atoms with Gasteiger partial charge in [0.1, 0.15) is 4.32 Å². The molecule has 7 heteroatoms. The first-order valence-electron chi connectivity index (χ1n) is 8.72. The molecule has 0 radical (unpaired) electrons. The van der Waals surface area contributed by atoms with E-state index in [9.17, 15) is 9.59 Å². The molecular weight excluding hydrogens is 372 g/mol. The molecule has 0 saturated carbocycles. The Labute approximate surface area is 162 Å². The van der Waals surface area contributed by atoms with Crippen molar-refractivity contribution in [1.82, 2.24) is 9.80 Å². The second-order valence-corrected chi connectivity index (χ2v) is 8.90. The summed E-state index contributed by atoms with van der Waals surface area (Å²) >= 11 is 8.34. The summed E-state index contributed by atoms with van der Waals surface area (Å²) in [5, 5.41) is 2.00. The van der Waals surface area contributed by atoms with Crippen molar-refractivity contribution in [3.8, 4) is 0 Å².